The first-order valence-corrected chi connectivity index (χ1v) is 5.90. The second kappa shape index (κ2) is 4.37. The van der Waals surface area contributed by atoms with Gasteiger partial charge in [0.15, 0.2) is 0 Å². The second-order valence-electron chi connectivity index (χ2n) is 4.94. The summed E-state index contributed by atoms with van der Waals surface area (Å²) in [5, 5.41) is 9.32. The number of carbonyl (C=O) groups is 1. The Morgan fingerprint density at radius 1 is 1.29 bits per heavy atom. The minimum absolute atomic E-state index is 0.00738. The van der Waals surface area contributed by atoms with Gasteiger partial charge in [-0.25, -0.2) is 0 Å². The molecule has 0 aromatic heterocycles. The zero-order valence-electron chi connectivity index (χ0n) is 10.6. The first-order valence-electron chi connectivity index (χ1n) is 5.90. The van der Waals surface area contributed by atoms with E-state index in [0.29, 0.717) is 0 Å². The molecular weight excluding hydrogens is 214 g/mol. The molecule has 0 spiro atoms. The number of nitrogens with one attached hydrogen (secondary N) is 3. The van der Waals surface area contributed by atoms with Gasteiger partial charge in [-0.1, -0.05) is 6.07 Å². The fraction of sp³-hybridized carbons (Fsp3) is 0.462. The van der Waals surface area contributed by atoms with Crippen LogP contribution in [0.25, 0.3) is 0 Å². The maximum Gasteiger partial charge on any atom is 0.249 e. The maximum absolute atomic E-state index is 11.8. The third kappa shape index (κ3) is 2.42. The van der Waals surface area contributed by atoms with E-state index in [1.165, 1.54) is 5.56 Å². The van der Waals surface area contributed by atoms with Gasteiger partial charge in [-0.05, 0) is 51.6 Å². The molecule has 1 aliphatic rings. The van der Waals surface area contributed by atoms with E-state index in [-0.39, 0.29) is 5.91 Å². The predicted molar refractivity (Wildman–Crippen MR) is 70.4 cm³/mol. The summed E-state index contributed by atoms with van der Waals surface area (Å²) in [5.41, 5.74) is 2.58. The Labute approximate surface area is 102 Å². The standard InChI is InChI=1S/C13H19N3O/c1-13(2)12(17)15-10-5-4-9(6-7-14-3)8-11(10)16-13/h4-5,8,14,16H,6-7H2,1-3H3,(H,15,17). The minimum atomic E-state index is -0.547. The van der Waals surface area contributed by atoms with E-state index in [4.69, 9.17) is 0 Å². The molecular formula is C13H19N3O. The van der Waals surface area contributed by atoms with Crippen molar-refractivity contribution in [2.45, 2.75) is 25.8 Å². The van der Waals surface area contributed by atoms with E-state index in [9.17, 15) is 4.79 Å². The minimum Gasteiger partial charge on any atom is -0.370 e. The second-order valence-corrected chi connectivity index (χ2v) is 4.94. The lowest BCUT2D eigenvalue weighted by molar-refractivity contribution is -0.119. The zero-order chi connectivity index (χ0) is 12.5. The Kier molecular flexibility index (Phi) is 3.07. The lowest BCUT2D eigenvalue weighted by Crippen LogP contribution is -2.47. The summed E-state index contributed by atoms with van der Waals surface area (Å²) in [5.74, 6) is 0.00738. The van der Waals surface area contributed by atoms with E-state index in [1.54, 1.807) is 0 Å². The molecule has 0 bridgehead atoms. The van der Waals surface area contributed by atoms with Gasteiger partial charge in [0.05, 0.1) is 11.4 Å². The molecule has 4 nitrogen and oxygen atoms in total. The Morgan fingerprint density at radius 2 is 2.06 bits per heavy atom. The van der Waals surface area contributed by atoms with Crippen molar-refractivity contribution in [1.29, 1.82) is 0 Å². The Balaban J connectivity index is 2.24. The van der Waals surface area contributed by atoms with Gasteiger partial charge in [-0.2, -0.15) is 0 Å². The summed E-state index contributed by atoms with van der Waals surface area (Å²) in [7, 11) is 1.94. The maximum atomic E-state index is 11.8. The van der Waals surface area contributed by atoms with Crippen molar-refractivity contribution >= 4 is 17.3 Å². The molecule has 1 heterocycles. The number of carbonyl (C=O) groups excluding carboxylic acids is 1. The molecule has 0 saturated carbocycles. The molecule has 1 aromatic carbocycles. The van der Waals surface area contributed by atoms with Gasteiger partial charge in [0.2, 0.25) is 5.91 Å². The van der Waals surface area contributed by atoms with E-state index in [2.05, 4.69) is 28.1 Å². The van der Waals surface area contributed by atoms with Crippen LogP contribution >= 0.6 is 0 Å². The van der Waals surface area contributed by atoms with Crippen LogP contribution in [0.3, 0.4) is 0 Å². The summed E-state index contributed by atoms with van der Waals surface area (Å²) in [4.78, 5) is 11.8. The van der Waals surface area contributed by atoms with Crippen molar-refractivity contribution in [3.63, 3.8) is 0 Å². The molecule has 17 heavy (non-hydrogen) atoms. The number of fused-ring (bicyclic) bond motifs is 1. The molecule has 2 rings (SSSR count). The molecule has 3 N–H and O–H groups in total. The average Bonchev–Trinajstić information content (AvgIpc) is 2.27. The number of anilines is 2. The fourth-order valence-electron chi connectivity index (χ4n) is 1.90. The van der Waals surface area contributed by atoms with Gasteiger partial charge in [-0.15, -0.1) is 0 Å². The molecule has 92 valence electrons. The van der Waals surface area contributed by atoms with Gasteiger partial charge in [0, 0.05) is 0 Å². The van der Waals surface area contributed by atoms with E-state index >= 15 is 0 Å². The molecule has 0 fully saturated rings. The third-order valence-electron chi connectivity index (χ3n) is 3.01. The van der Waals surface area contributed by atoms with Crippen LogP contribution in [-0.2, 0) is 11.2 Å². The molecule has 0 radical (unpaired) electrons. The van der Waals surface area contributed by atoms with Crippen LogP contribution in [-0.4, -0.2) is 25.0 Å². The number of rotatable bonds is 3. The average molecular weight is 233 g/mol. The molecule has 0 saturated heterocycles. The highest BCUT2D eigenvalue weighted by molar-refractivity contribution is 6.05. The monoisotopic (exact) mass is 233 g/mol. The highest BCUT2D eigenvalue weighted by Crippen LogP contribution is 2.31. The van der Waals surface area contributed by atoms with Crippen LogP contribution in [0.5, 0.6) is 0 Å². The first kappa shape index (κ1) is 11.9. The third-order valence-corrected chi connectivity index (χ3v) is 3.01. The highest BCUT2D eigenvalue weighted by atomic mass is 16.2. The van der Waals surface area contributed by atoms with Crippen molar-refractivity contribution in [1.82, 2.24) is 5.32 Å². The molecule has 0 aliphatic carbocycles. The van der Waals surface area contributed by atoms with Crippen LogP contribution < -0.4 is 16.0 Å². The van der Waals surface area contributed by atoms with E-state index < -0.39 is 5.54 Å². The van der Waals surface area contributed by atoms with Crippen molar-refractivity contribution in [2.24, 2.45) is 0 Å². The molecule has 1 aromatic rings. The van der Waals surface area contributed by atoms with Crippen LogP contribution in [0, 0.1) is 0 Å². The first-order chi connectivity index (χ1) is 8.03. The van der Waals surface area contributed by atoms with Crippen molar-refractivity contribution in [3.05, 3.63) is 23.8 Å². The summed E-state index contributed by atoms with van der Waals surface area (Å²) >= 11 is 0. The number of amides is 1. The lowest BCUT2D eigenvalue weighted by atomic mass is 9.99. The molecule has 1 amide bonds. The van der Waals surface area contributed by atoms with Crippen molar-refractivity contribution in [2.75, 3.05) is 24.2 Å². The normalized spacial score (nSPS) is 17.0. The molecule has 0 atom stereocenters. The van der Waals surface area contributed by atoms with Gasteiger partial charge < -0.3 is 16.0 Å². The SMILES string of the molecule is CNCCc1ccc2c(c1)NC(C)(C)C(=O)N2. The summed E-state index contributed by atoms with van der Waals surface area (Å²) in [6.45, 7) is 4.71. The smallest absolute Gasteiger partial charge is 0.249 e. The van der Waals surface area contributed by atoms with E-state index in [1.807, 2.05) is 27.0 Å². The number of hydrogen-bond donors (Lipinski definition) is 3. The van der Waals surface area contributed by atoms with Crippen LogP contribution in [0.1, 0.15) is 19.4 Å². The van der Waals surface area contributed by atoms with Gasteiger partial charge >= 0.3 is 0 Å². The topological polar surface area (TPSA) is 53.2 Å². The number of benzene rings is 1. The van der Waals surface area contributed by atoms with Gasteiger partial charge in [0.25, 0.3) is 0 Å². The molecule has 4 heteroatoms. The summed E-state index contributed by atoms with van der Waals surface area (Å²) < 4.78 is 0. The van der Waals surface area contributed by atoms with Crippen LogP contribution in [0.2, 0.25) is 0 Å². The van der Waals surface area contributed by atoms with Crippen LogP contribution in [0.15, 0.2) is 18.2 Å². The largest absolute Gasteiger partial charge is 0.370 e. The predicted octanol–water partition coefficient (Wildman–Crippen LogP) is 1.59. The van der Waals surface area contributed by atoms with Crippen LogP contribution in [0.4, 0.5) is 11.4 Å². The Hall–Kier alpha value is -1.55. The lowest BCUT2D eigenvalue weighted by Gasteiger charge is -2.33. The number of likely N-dealkylation sites (N-methyl/N-ethyl adjacent to an activating group) is 1. The molecule has 1 aliphatic heterocycles. The van der Waals surface area contributed by atoms with Gasteiger partial charge in [0.1, 0.15) is 5.54 Å². The Morgan fingerprint density at radius 3 is 2.76 bits per heavy atom. The van der Waals surface area contributed by atoms with Gasteiger partial charge in [-0.3, -0.25) is 4.79 Å². The molecule has 0 unspecified atom stereocenters. The van der Waals surface area contributed by atoms with Crippen molar-refractivity contribution in [3.8, 4) is 0 Å². The Bertz CT molecular complexity index is 440. The highest BCUT2D eigenvalue weighted by Gasteiger charge is 2.32. The summed E-state index contributed by atoms with van der Waals surface area (Å²) in [6.07, 6.45) is 0.986. The fourth-order valence-corrected chi connectivity index (χ4v) is 1.90. The quantitative estimate of drug-likeness (QED) is 0.743. The summed E-state index contributed by atoms with van der Waals surface area (Å²) in [6, 6.07) is 6.12. The number of hydrogen-bond acceptors (Lipinski definition) is 3. The van der Waals surface area contributed by atoms with E-state index in [0.717, 1.165) is 24.3 Å². The zero-order valence-corrected chi connectivity index (χ0v) is 10.6. The van der Waals surface area contributed by atoms with Crippen molar-refractivity contribution < 1.29 is 4.79 Å².